The van der Waals surface area contributed by atoms with Crippen molar-refractivity contribution in [3.05, 3.63) is 45.9 Å². The Morgan fingerprint density at radius 1 is 1.38 bits per heavy atom. The molecule has 1 fully saturated rings. The number of rotatable bonds is 2. The number of piperidine rings is 1. The standard InChI is InChI=1S/C19H22N2O2S/c1-13-12-24-18(20-13)15-6-4-8-21(10-15)19(22)16-9-14-5-2-3-7-17(14)23-11-16/h2-3,5,7,12,15-16H,4,6,8-11H2,1H3/t15-,16+/m1/s1. The molecule has 4 nitrogen and oxygen atoms in total. The minimum absolute atomic E-state index is 0.0586. The average Bonchev–Trinajstić information content (AvgIpc) is 3.07. The van der Waals surface area contributed by atoms with Crippen molar-refractivity contribution in [2.45, 2.75) is 32.1 Å². The molecule has 2 atom stereocenters. The van der Waals surface area contributed by atoms with E-state index in [9.17, 15) is 4.79 Å². The van der Waals surface area contributed by atoms with Gasteiger partial charge in [-0.1, -0.05) is 18.2 Å². The van der Waals surface area contributed by atoms with Gasteiger partial charge in [0.2, 0.25) is 5.91 Å². The Hall–Kier alpha value is -1.88. The molecule has 4 rings (SSSR count). The van der Waals surface area contributed by atoms with Gasteiger partial charge in [0.15, 0.2) is 0 Å². The molecule has 2 aliphatic heterocycles. The monoisotopic (exact) mass is 342 g/mol. The first-order valence-electron chi connectivity index (χ1n) is 8.62. The summed E-state index contributed by atoms with van der Waals surface area (Å²) >= 11 is 1.72. The highest BCUT2D eigenvalue weighted by Gasteiger charge is 2.33. The number of hydrogen-bond acceptors (Lipinski definition) is 4. The van der Waals surface area contributed by atoms with E-state index in [4.69, 9.17) is 4.74 Å². The van der Waals surface area contributed by atoms with E-state index < -0.39 is 0 Å². The van der Waals surface area contributed by atoms with Gasteiger partial charge in [-0.15, -0.1) is 11.3 Å². The van der Waals surface area contributed by atoms with E-state index in [0.29, 0.717) is 12.5 Å². The number of aryl methyl sites for hydroxylation is 1. The van der Waals surface area contributed by atoms with Gasteiger partial charge in [0.1, 0.15) is 12.4 Å². The number of carbonyl (C=O) groups excluding carboxylic acids is 1. The fraction of sp³-hybridized carbons (Fsp3) is 0.474. The third kappa shape index (κ3) is 3.05. The molecule has 0 aliphatic carbocycles. The molecule has 3 heterocycles. The van der Waals surface area contributed by atoms with E-state index in [-0.39, 0.29) is 11.8 Å². The van der Waals surface area contributed by atoms with Crippen molar-refractivity contribution in [3.8, 4) is 5.75 Å². The number of benzene rings is 1. The number of carbonyl (C=O) groups is 1. The Morgan fingerprint density at radius 3 is 3.08 bits per heavy atom. The minimum atomic E-state index is -0.0586. The molecular weight excluding hydrogens is 320 g/mol. The van der Waals surface area contributed by atoms with Crippen LogP contribution in [0.4, 0.5) is 0 Å². The molecule has 0 N–H and O–H groups in total. The van der Waals surface area contributed by atoms with Crippen molar-refractivity contribution < 1.29 is 9.53 Å². The van der Waals surface area contributed by atoms with E-state index in [1.165, 1.54) is 5.01 Å². The molecule has 5 heteroatoms. The van der Waals surface area contributed by atoms with Gasteiger partial charge in [0.25, 0.3) is 0 Å². The zero-order chi connectivity index (χ0) is 16.5. The van der Waals surface area contributed by atoms with Crippen LogP contribution in [0.2, 0.25) is 0 Å². The van der Waals surface area contributed by atoms with Crippen molar-refractivity contribution >= 4 is 17.2 Å². The minimum Gasteiger partial charge on any atom is -0.492 e. The number of ether oxygens (including phenoxy) is 1. The summed E-state index contributed by atoms with van der Waals surface area (Å²) < 4.78 is 5.81. The molecule has 0 spiro atoms. The first kappa shape index (κ1) is 15.6. The zero-order valence-electron chi connectivity index (χ0n) is 13.9. The number of hydrogen-bond donors (Lipinski definition) is 0. The summed E-state index contributed by atoms with van der Waals surface area (Å²) in [5, 5.41) is 3.28. The van der Waals surface area contributed by atoms with E-state index >= 15 is 0 Å². The van der Waals surface area contributed by atoms with Gasteiger partial charge in [0.05, 0.1) is 10.9 Å². The van der Waals surface area contributed by atoms with Gasteiger partial charge in [-0.2, -0.15) is 0 Å². The van der Waals surface area contributed by atoms with Crippen molar-refractivity contribution in [2.75, 3.05) is 19.7 Å². The van der Waals surface area contributed by atoms with E-state index in [1.807, 2.05) is 30.0 Å². The Morgan fingerprint density at radius 2 is 2.25 bits per heavy atom. The van der Waals surface area contributed by atoms with E-state index in [2.05, 4.69) is 16.4 Å². The highest BCUT2D eigenvalue weighted by molar-refractivity contribution is 7.09. The maximum absolute atomic E-state index is 13.0. The molecule has 1 aromatic heterocycles. The van der Waals surface area contributed by atoms with Crippen molar-refractivity contribution in [1.29, 1.82) is 0 Å². The maximum Gasteiger partial charge on any atom is 0.229 e. The van der Waals surface area contributed by atoms with Gasteiger partial charge in [-0.3, -0.25) is 4.79 Å². The first-order chi connectivity index (χ1) is 11.7. The van der Waals surface area contributed by atoms with Gasteiger partial charge in [0, 0.05) is 30.1 Å². The maximum atomic E-state index is 13.0. The van der Waals surface area contributed by atoms with Crippen LogP contribution in [0.3, 0.4) is 0 Å². The van der Waals surface area contributed by atoms with Crippen molar-refractivity contribution in [2.24, 2.45) is 5.92 Å². The van der Waals surface area contributed by atoms with Gasteiger partial charge in [-0.05, 0) is 37.8 Å². The summed E-state index contributed by atoms with van der Waals surface area (Å²) in [6.45, 7) is 4.18. The second kappa shape index (κ2) is 6.55. The van der Waals surface area contributed by atoms with Crippen LogP contribution in [0.1, 0.15) is 35.0 Å². The summed E-state index contributed by atoms with van der Waals surface area (Å²) in [6, 6.07) is 8.03. The number of aromatic nitrogens is 1. The van der Waals surface area contributed by atoms with Gasteiger partial charge < -0.3 is 9.64 Å². The molecule has 1 aromatic carbocycles. The quantitative estimate of drug-likeness (QED) is 0.840. The fourth-order valence-electron chi connectivity index (χ4n) is 3.68. The highest BCUT2D eigenvalue weighted by atomic mass is 32.1. The molecule has 0 bridgehead atoms. The summed E-state index contributed by atoms with van der Waals surface area (Å²) in [6.07, 6.45) is 2.96. The molecule has 0 unspecified atom stereocenters. The predicted molar refractivity (Wildman–Crippen MR) is 94.5 cm³/mol. The summed E-state index contributed by atoms with van der Waals surface area (Å²) in [5.41, 5.74) is 2.22. The zero-order valence-corrected chi connectivity index (χ0v) is 14.7. The smallest absolute Gasteiger partial charge is 0.229 e. The third-order valence-corrected chi connectivity index (χ3v) is 6.07. The lowest BCUT2D eigenvalue weighted by atomic mass is 9.93. The number of likely N-dealkylation sites (tertiary alicyclic amines) is 1. The predicted octanol–water partition coefficient (Wildman–Crippen LogP) is 3.41. The number of amides is 1. The molecule has 24 heavy (non-hydrogen) atoms. The molecular formula is C19H22N2O2S. The Labute approximate surface area is 146 Å². The Kier molecular flexibility index (Phi) is 4.27. The van der Waals surface area contributed by atoms with Crippen LogP contribution >= 0.6 is 11.3 Å². The van der Waals surface area contributed by atoms with Crippen LogP contribution in [-0.2, 0) is 11.2 Å². The number of para-hydroxylation sites is 1. The Bertz CT molecular complexity index is 742. The molecule has 0 saturated carbocycles. The Balaban J connectivity index is 1.45. The molecule has 1 saturated heterocycles. The highest BCUT2D eigenvalue weighted by Crippen LogP contribution is 2.32. The SMILES string of the molecule is Cc1csc([C@@H]2CCCN(C(=O)[C@@H]3COc4ccccc4C3)C2)n1. The van der Waals surface area contributed by atoms with Crippen LogP contribution in [0.5, 0.6) is 5.75 Å². The number of fused-ring (bicyclic) bond motifs is 1. The number of nitrogens with zero attached hydrogens (tertiary/aromatic N) is 2. The fourth-order valence-corrected chi connectivity index (χ4v) is 4.61. The molecule has 126 valence electrons. The lowest BCUT2D eigenvalue weighted by Gasteiger charge is -2.35. The first-order valence-corrected chi connectivity index (χ1v) is 9.50. The second-order valence-electron chi connectivity index (χ2n) is 6.77. The molecule has 2 aliphatic rings. The van der Waals surface area contributed by atoms with Gasteiger partial charge in [-0.25, -0.2) is 4.98 Å². The van der Waals surface area contributed by atoms with E-state index in [1.54, 1.807) is 11.3 Å². The van der Waals surface area contributed by atoms with Crippen molar-refractivity contribution in [3.63, 3.8) is 0 Å². The largest absolute Gasteiger partial charge is 0.492 e. The topological polar surface area (TPSA) is 42.4 Å². The lowest BCUT2D eigenvalue weighted by molar-refractivity contribution is -0.138. The van der Waals surface area contributed by atoms with Crippen LogP contribution in [0.15, 0.2) is 29.6 Å². The van der Waals surface area contributed by atoms with Crippen LogP contribution in [0.25, 0.3) is 0 Å². The summed E-state index contributed by atoms with van der Waals surface area (Å²) in [7, 11) is 0. The normalized spacial score (nSPS) is 23.5. The van der Waals surface area contributed by atoms with Crippen molar-refractivity contribution in [1.82, 2.24) is 9.88 Å². The summed E-state index contributed by atoms with van der Waals surface area (Å²) in [5.74, 6) is 1.49. The van der Waals surface area contributed by atoms with E-state index in [0.717, 1.165) is 49.4 Å². The second-order valence-corrected chi connectivity index (χ2v) is 7.66. The third-order valence-electron chi connectivity index (χ3n) is 4.95. The molecule has 1 amide bonds. The summed E-state index contributed by atoms with van der Waals surface area (Å²) in [4.78, 5) is 19.6. The molecule has 0 radical (unpaired) electrons. The lowest BCUT2D eigenvalue weighted by Crippen LogP contribution is -2.45. The van der Waals surface area contributed by atoms with Crippen LogP contribution in [0, 0.1) is 12.8 Å². The average molecular weight is 342 g/mol. The molecule has 2 aromatic rings. The van der Waals surface area contributed by atoms with Gasteiger partial charge >= 0.3 is 0 Å². The number of thiazole rings is 1. The van der Waals surface area contributed by atoms with Crippen LogP contribution in [-0.4, -0.2) is 35.5 Å². The van der Waals surface area contributed by atoms with Crippen LogP contribution < -0.4 is 4.74 Å².